The van der Waals surface area contributed by atoms with Gasteiger partial charge in [-0.1, -0.05) is 6.92 Å². The molecule has 0 aromatic rings. The second-order valence-electron chi connectivity index (χ2n) is 3.59. The summed E-state index contributed by atoms with van der Waals surface area (Å²) in [4.78, 5) is 11.0. The molecule has 0 bridgehead atoms. The topological polar surface area (TPSA) is 29.1 Å². The molecule has 12 heavy (non-hydrogen) atoms. The Morgan fingerprint density at radius 3 is 2.83 bits per heavy atom. The van der Waals surface area contributed by atoms with Crippen molar-refractivity contribution in [3.63, 3.8) is 0 Å². The molecule has 1 amide bonds. The van der Waals surface area contributed by atoms with Crippen molar-refractivity contribution in [2.45, 2.75) is 26.2 Å². The maximum atomic E-state index is 11.0. The first-order chi connectivity index (χ1) is 5.74. The van der Waals surface area contributed by atoms with E-state index in [1.807, 2.05) is 0 Å². The Kier molecular flexibility index (Phi) is 3.92. The highest BCUT2D eigenvalue weighted by Gasteiger charge is 2.27. The zero-order chi connectivity index (χ0) is 8.97. The van der Waals surface area contributed by atoms with Crippen molar-refractivity contribution in [3.05, 3.63) is 0 Å². The Balaban J connectivity index is 2.03. The first-order valence-corrected chi connectivity index (χ1v) is 5.25. The Hall–Kier alpha value is -0.180. The van der Waals surface area contributed by atoms with E-state index < -0.39 is 0 Å². The van der Waals surface area contributed by atoms with Crippen LogP contribution in [0.3, 0.4) is 0 Å². The Morgan fingerprint density at radius 1 is 1.67 bits per heavy atom. The van der Waals surface area contributed by atoms with Gasteiger partial charge in [0.2, 0.25) is 5.91 Å². The van der Waals surface area contributed by atoms with Crippen LogP contribution < -0.4 is 5.32 Å². The number of hydrogen-bond donors (Lipinski definition) is 2. The highest BCUT2D eigenvalue weighted by atomic mass is 32.1. The smallest absolute Gasteiger partial charge is 0.220 e. The van der Waals surface area contributed by atoms with Gasteiger partial charge in [-0.25, -0.2) is 0 Å². The molecule has 1 aliphatic rings. The van der Waals surface area contributed by atoms with Crippen LogP contribution in [0.4, 0.5) is 0 Å². The van der Waals surface area contributed by atoms with E-state index in [9.17, 15) is 4.79 Å². The average molecular weight is 187 g/mol. The predicted octanol–water partition coefficient (Wildman–Crippen LogP) is 1.47. The van der Waals surface area contributed by atoms with Crippen LogP contribution in [0.1, 0.15) is 26.2 Å². The van der Waals surface area contributed by atoms with E-state index in [4.69, 9.17) is 0 Å². The van der Waals surface area contributed by atoms with Crippen molar-refractivity contribution >= 4 is 18.5 Å². The summed E-state index contributed by atoms with van der Waals surface area (Å²) >= 11 is 4.00. The molecule has 1 atom stereocenters. The number of hydrogen-bond acceptors (Lipinski definition) is 2. The van der Waals surface area contributed by atoms with Gasteiger partial charge in [0.1, 0.15) is 0 Å². The lowest BCUT2D eigenvalue weighted by molar-refractivity contribution is -0.120. The number of carbonyl (C=O) groups excluding carboxylic acids is 1. The molecule has 0 heterocycles. The van der Waals surface area contributed by atoms with Crippen LogP contribution in [0, 0.1) is 11.8 Å². The van der Waals surface area contributed by atoms with Crippen molar-refractivity contribution in [2.24, 2.45) is 11.8 Å². The molecule has 2 nitrogen and oxygen atoms in total. The highest BCUT2D eigenvalue weighted by molar-refractivity contribution is 7.80. The second kappa shape index (κ2) is 4.75. The maximum absolute atomic E-state index is 11.0. The summed E-state index contributed by atoms with van der Waals surface area (Å²) in [6, 6.07) is 0. The molecule has 1 saturated carbocycles. The Bertz CT molecular complexity index is 157. The molecule has 1 fully saturated rings. The van der Waals surface area contributed by atoms with Crippen LogP contribution >= 0.6 is 12.6 Å². The molecule has 0 radical (unpaired) electrons. The van der Waals surface area contributed by atoms with Crippen molar-refractivity contribution in [1.82, 2.24) is 5.32 Å². The summed E-state index contributed by atoms with van der Waals surface area (Å²) in [5.41, 5.74) is 0. The molecule has 0 aliphatic heterocycles. The third-order valence-electron chi connectivity index (χ3n) is 2.39. The quantitative estimate of drug-likeness (QED) is 0.627. The molecule has 0 aromatic carbocycles. The minimum absolute atomic E-state index is 0.137. The van der Waals surface area contributed by atoms with Gasteiger partial charge in [0.15, 0.2) is 0 Å². The van der Waals surface area contributed by atoms with Crippen molar-refractivity contribution in [1.29, 1.82) is 0 Å². The number of thiol groups is 1. The summed E-state index contributed by atoms with van der Waals surface area (Å²) in [7, 11) is 0. The third kappa shape index (κ3) is 3.48. The Labute approximate surface area is 79.5 Å². The van der Waals surface area contributed by atoms with E-state index in [2.05, 4.69) is 24.9 Å². The predicted molar refractivity (Wildman–Crippen MR) is 53.4 cm³/mol. The number of rotatable bonds is 5. The van der Waals surface area contributed by atoms with E-state index in [1.165, 1.54) is 12.8 Å². The zero-order valence-electron chi connectivity index (χ0n) is 7.55. The van der Waals surface area contributed by atoms with E-state index >= 15 is 0 Å². The average Bonchev–Trinajstić information content (AvgIpc) is 2.83. The molecule has 0 saturated heterocycles. The number of nitrogens with one attached hydrogen (secondary N) is 1. The van der Waals surface area contributed by atoms with Gasteiger partial charge in [-0.3, -0.25) is 4.79 Å². The normalized spacial score (nSPS) is 18.8. The summed E-state index contributed by atoms with van der Waals surface area (Å²) in [6.45, 7) is 3.05. The van der Waals surface area contributed by atoms with Gasteiger partial charge >= 0.3 is 0 Å². The first-order valence-electron chi connectivity index (χ1n) is 4.61. The van der Waals surface area contributed by atoms with Crippen LogP contribution in [0.2, 0.25) is 0 Å². The van der Waals surface area contributed by atoms with E-state index in [0.29, 0.717) is 18.1 Å². The van der Waals surface area contributed by atoms with Crippen LogP contribution in [0.5, 0.6) is 0 Å². The van der Waals surface area contributed by atoms with Crippen LogP contribution in [0.25, 0.3) is 0 Å². The summed E-state index contributed by atoms with van der Waals surface area (Å²) < 4.78 is 0. The molecule has 1 N–H and O–H groups in total. The molecule has 70 valence electrons. The SMILES string of the molecule is CC(CNC(=O)CCS)C1CC1. The molecule has 1 aliphatic carbocycles. The highest BCUT2D eigenvalue weighted by Crippen LogP contribution is 2.35. The van der Waals surface area contributed by atoms with Crippen molar-refractivity contribution in [2.75, 3.05) is 12.3 Å². The van der Waals surface area contributed by atoms with Gasteiger partial charge < -0.3 is 5.32 Å². The van der Waals surface area contributed by atoms with Gasteiger partial charge in [0.05, 0.1) is 0 Å². The van der Waals surface area contributed by atoms with Crippen molar-refractivity contribution < 1.29 is 4.79 Å². The minimum Gasteiger partial charge on any atom is -0.356 e. The van der Waals surface area contributed by atoms with Crippen molar-refractivity contribution in [3.8, 4) is 0 Å². The summed E-state index contributed by atoms with van der Waals surface area (Å²) in [5, 5.41) is 2.92. The van der Waals surface area contributed by atoms with Crippen LogP contribution in [-0.2, 0) is 4.79 Å². The van der Waals surface area contributed by atoms with E-state index in [0.717, 1.165) is 12.5 Å². The van der Waals surface area contributed by atoms with Crippen LogP contribution in [0.15, 0.2) is 0 Å². The number of carbonyl (C=O) groups is 1. The zero-order valence-corrected chi connectivity index (χ0v) is 8.44. The molecule has 1 unspecified atom stereocenters. The van der Waals surface area contributed by atoms with Gasteiger partial charge in [-0.15, -0.1) is 0 Å². The van der Waals surface area contributed by atoms with Crippen LogP contribution in [-0.4, -0.2) is 18.2 Å². The standard InChI is InChI=1S/C9H17NOS/c1-7(8-2-3-8)6-10-9(11)4-5-12/h7-8,12H,2-6H2,1H3,(H,10,11). The van der Waals surface area contributed by atoms with Gasteiger partial charge in [-0.2, -0.15) is 12.6 Å². The maximum Gasteiger partial charge on any atom is 0.220 e. The monoisotopic (exact) mass is 187 g/mol. The van der Waals surface area contributed by atoms with E-state index in [-0.39, 0.29) is 5.91 Å². The molecule has 0 spiro atoms. The second-order valence-corrected chi connectivity index (χ2v) is 4.04. The lowest BCUT2D eigenvalue weighted by Crippen LogP contribution is -2.28. The van der Waals surface area contributed by atoms with Gasteiger partial charge in [-0.05, 0) is 30.4 Å². The summed E-state index contributed by atoms with van der Waals surface area (Å²) in [6.07, 6.45) is 3.24. The van der Waals surface area contributed by atoms with Gasteiger partial charge in [0, 0.05) is 13.0 Å². The lowest BCUT2D eigenvalue weighted by Gasteiger charge is -2.10. The third-order valence-corrected chi connectivity index (χ3v) is 2.61. The molecular formula is C9H17NOS. The fraction of sp³-hybridized carbons (Fsp3) is 0.889. The minimum atomic E-state index is 0.137. The molecule has 1 rings (SSSR count). The van der Waals surface area contributed by atoms with E-state index in [1.54, 1.807) is 0 Å². The first kappa shape index (κ1) is 9.90. The van der Waals surface area contributed by atoms with Gasteiger partial charge in [0.25, 0.3) is 0 Å². The summed E-state index contributed by atoms with van der Waals surface area (Å²) in [5.74, 6) is 2.32. The fourth-order valence-corrected chi connectivity index (χ4v) is 1.50. The number of amides is 1. The fourth-order valence-electron chi connectivity index (χ4n) is 1.30. The molecular weight excluding hydrogens is 170 g/mol. The molecule has 3 heteroatoms. The lowest BCUT2D eigenvalue weighted by atomic mass is 10.1. The largest absolute Gasteiger partial charge is 0.356 e. The Morgan fingerprint density at radius 2 is 2.33 bits per heavy atom. The molecule has 0 aromatic heterocycles.